The molecule has 29 heavy (non-hydrogen) atoms. The SMILES string of the molecule is CCC(C)C(NC(=O)C(CO)NC(=O)C(C)NC(=O)C(N)CCCCN)C(=O)O. The van der Waals surface area contributed by atoms with Crippen LogP contribution in [0.15, 0.2) is 0 Å². The Hall–Kier alpha value is -2.24. The van der Waals surface area contributed by atoms with Crippen molar-refractivity contribution in [2.75, 3.05) is 13.2 Å². The Kier molecular flexibility index (Phi) is 12.8. The number of hydrogen-bond donors (Lipinski definition) is 7. The van der Waals surface area contributed by atoms with Crippen LogP contribution in [0, 0.1) is 5.92 Å². The maximum atomic E-state index is 12.3. The van der Waals surface area contributed by atoms with E-state index in [-0.39, 0.29) is 5.92 Å². The fourth-order valence-electron chi connectivity index (χ4n) is 2.45. The van der Waals surface area contributed by atoms with E-state index in [1.54, 1.807) is 13.8 Å². The lowest BCUT2D eigenvalue weighted by Crippen LogP contribution is -2.58. The number of amides is 3. The van der Waals surface area contributed by atoms with Gasteiger partial charge in [0.05, 0.1) is 12.6 Å². The lowest BCUT2D eigenvalue weighted by atomic mass is 9.99. The van der Waals surface area contributed by atoms with Gasteiger partial charge in [-0.05, 0) is 32.2 Å². The molecule has 11 nitrogen and oxygen atoms in total. The third-order valence-corrected chi connectivity index (χ3v) is 4.65. The Labute approximate surface area is 171 Å². The second-order valence-electron chi connectivity index (χ2n) is 7.08. The number of carbonyl (C=O) groups excluding carboxylic acids is 3. The number of hydrogen-bond acceptors (Lipinski definition) is 7. The molecule has 3 amide bonds. The van der Waals surface area contributed by atoms with Gasteiger partial charge in [-0.25, -0.2) is 4.79 Å². The Balaban J connectivity index is 4.77. The van der Waals surface area contributed by atoms with E-state index in [9.17, 15) is 29.4 Å². The highest BCUT2D eigenvalue weighted by molar-refractivity contribution is 5.93. The summed E-state index contributed by atoms with van der Waals surface area (Å²) >= 11 is 0. The van der Waals surface area contributed by atoms with Gasteiger partial charge in [0.15, 0.2) is 0 Å². The minimum Gasteiger partial charge on any atom is -0.480 e. The van der Waals surface area contributed by atoms with Crippen LogP contribution in [0.5, 0.6) is 0 Å². The van der Waals surface area contributed by atoms with E-state index >= 15 is 0 Å². The number of aliphatic carboxylic acids is 1. The van der Waals surface area contributed by atoms with E-state index in [2.05, 4.69) is 16.0 Å². The molecule has 0 fully saturated rings. The number of nitrogens with one attached hydrogen (secondary N) is 3. The number of nitrogens with two attached hydrogens (primary N) is 2. The molecule has 11 heteroatoms. The highest BCUT2D eigenvalue weighted by Gasteiger charge is 2.30. The first-order valence-electron chi connectivity index (χ1n) is 9.79. The zero-order chi connectivity index (χ0) is 22.6. The molecule has 0 bridgehead atoms. The largest absolute Gasteiger partial charge is 0.480 e. The second-order valence-corrected chi connectivity index (χ2v) is 7.08. The monoisotopic (exact) mass is 417 g/mol. The second kappa shape index (κ2) is 13.9. The van der Waals surface area contributed by atoms with Crippen LogP contribution in [0.3, 0.4) is 0 Å². The van der Waals surface area contributed by atoms with Crippen molar-refractivity contribution in [1.82, 2.24) is 16.0 Å². The molecule has 5 atom stereocenters. The van der Waals surface area contributed by atoms with E-state index in [1.165, 1.54) is 6.92 Å². The van der Waals surface area contributed by atoms with Gasteiger partial charge >= 0.3 is 5.97 Å². The molecule has 5 unspecified atom stereocenters. The fraction of sp³-hybridized carbons (Fsp3) is 0.778. The van der Waals surface area contributed by atoms with Crippen molar-refractivity contribution in [2.24, 2.45) is 17.4 Å². The van der Waals surface area contributed by atoms with Crippen LogP contribution in [0.4, 0.5) is 0 Å². The number of carboxylic acid groups (broad SMARTS) is 1. The van der Waals surface area contributed by atoms with Gasteiger partial charge in [0.1, 0.15) is 18.1 Å². The summed E-state index contributed by atoms with van der Waals surface area (Å²) in [4.78, 5) is 47.9. The van der Waals surface area contributed by atoms with Crippen LogP contribution in [0.1, 0.15) is 46.5 Å². The summed E-state index contributed by atoms with van der Waals surface area (Å²) in [6, 6.07) is -4.30. The predicted molar refractivity (Wildman–Crippen MR) is 107 cm³/mol. The Morgan fingerprint density at radius 2 is 1.59 bits per heavy atom. The maximum Gasteiger partial charge on any atom is 0.326 e. The van der Waals surface area contributed by atoms with Gasteiger partial charge in [0.2, 0.25) is 17.7 Å². The number of carboxylic acids is 1. The molecule has 0 aromatic heterocycles. The van der Waals surface area contributed by atoms with Gasteiger partial charge < -0.3 is 37.6 Å². The highest BCUT2D eigenvalue weighted by Crippen LogP contribution is 2.08. The van der Waals surface area contributed by atoms with Gasteiger partial charge in [-0.3, -0.25) is 14.4 Å². The van der Waals surface area contributed by atoms with Crippen LogP contribution in [0.25, 0.3) is 0 Å². The van der Waals surface area contributed by atoms with Crippen molar-refractivity contribution in [3.63, 3.8) is 0 Å². The van der Waals surface area contributed by atoms with Crippen LogP contribution in [-0.4, -0.2) is 71.2 Å². The predicted octanol–water partition coefficient (Wildman–Crippen LogP) is -1.96. The molecule has 0 spiro atoms. The summed E-state index contributed by atoms with van der Waals surface area (Å²) in [5.41, 5.74) is 11.1. The number of aliphatic hydroxyl groups is 1. The molecule has 168 valence electrons. The number of unbranched alkanes of at least 4 members (excludes halogenated alkanes) is 1. The first-order valence-corrected chi connectivity index (χ1v) is 9.79. The van der Waals surface area contributed by atoms with Crippen molar-refractivity contribution >= 4 is 23.7 Å². The van der Waals surface area contributed by atoms with Gasteiger partial charge in [-0.1, -0.05) is 26.7 Å². The Bertz CT molecular complexity index is 559. The van der Waals surface area contributed by atoms with Gasteiger partial charge in [-0.15, -0.1) is 0 Å². The van der Waals surface area contributed by atoms with E-state index in [0.29, 0.717) is 25.8 Å². The molecular formula is C18H35N5O6. The van der Waals surface area contributed by atoms with E-state index in [4.69, 9.17) is 11.5 Å². The smallest absolute Gasteiger partial charge is 0.326 e. The summed E-state index contributed by atoms with van der Waals surface area (Å²) in [6.45, 7) is 4.62. The third kappa shape index (κ3) is 9.68. The number of rotatable bonds is 14. The molecule has 0 rings (SSSR count). The molecule has 0 aliphatic rings. The molecule has 0 aliphatic carbocycles. The molecular weight excluding hydrogens is 382 g/mol. The number of carbonyl (C=O) groups is 4. The zero-order valence-electron chi connectivity index (χ0n) is 17.3. The lowest BCUT2D eigenvalue weighted by molar-refractivity contribution is -0.144. The lowest BCUT2D eigenvalue weighted by Gasteiger charge is -2.24. The summed E-state index contributed by atoms with van der Waals surface area (Å²) in [5, 5.41) is 25.7. The average molecular weight is 418 g/mol. The minimum absolute atomic E-state index is 0.342. The fourth-order valence-corrected chi connectivity index (χ4v) is 2.45. The number of aliphatic hydroxyl groups excluding tert-OH is 1. The third-order valence-electron chi connectivity index (χ3n) is 4.65. The molecule has 9 N–H and O–H groups in total. The Morgan fingerprint density at radius 1 is 0.966 bits per heavy atom. The molecule has 0 aromatic carbocycles. The normalized spacial score (nSPS) is 16.1. The van der Waals surface area contributed by atoms with Crippen LogP contribution in [-0.2, 0) is 19.2 Å². The molecule has 0 heterocycles. The summed E-state index contributed by atoms with van der Waals surface area (Å²) in [6.07, 6.45) is 2.35. The van der Waals surface area contributed by atoms with Crippen molar-refractivity contribution in [3.8, 4) is 0 Å². The zero-order valence-corrected chi connectivity index (χ0v) is 17.3. The first kappa shape index (κ1) is 26.8. The van der Waals surface area contributed by atoms with Crippen LogP contribution < -0.4 is 27.4 Å². The average Bonchev–Trinajstić information content (AvgIpc) is 2.68. The van der Waals surface area contributed by atoms with Crippen molar-refractivity contribution in [2.45, 2.75) is 70.6 Å². The Morgan fingerprint density at radius 3 is 2.07 bits per heavy atom. The van der Waals surface area contributed by atoms with Crippen LogP contribution in [0.2, 0.25) is 0 Å². The molecule has 0 saturated heterocycles. The van der Waals surface area contributed by atoms with Gasteiger partial charge in [0.25, 0.3) is 0 Å². The van der Waals surface area contributed by atoms with Crippen molar-refractivity contribution < 1.29 is 29.4 Å². The van der Waals surface area contributed by atoms with E-state index < -0.39 is 54.5 Å². The summed E-state index contributed by atoms with van der Waals surface area (Å²) < 4.78 is 0. The topological polar surface area (TPSA) is 197 Å². The van der Waals surface area contributed by atoms with Gasteiger partial charge in [-0.2, -0.15) is 0 Å². The summed E-state index contributed by atoms with van der Waals surface area (Å²) in [5.74, 6) is -3.61. The van der Waals surface area contributed by atoms with Gasteiger partial charge in [0, 0.05) is 0 Å². The molecule has 0 radical (unpaired) electrons. The van der Waals surface area contributed by atoms with Crippen molar-refractivity contribution in [3.05, 3.63) is 0 Å². The summed E-state index contributed by atoms with van der Waals surface area (Å²) in [7, 11) is 0. The van der Waals surface area contributed by atoms with E-state index in [1.807, 2.05) is 0 Å². The van der Waals surface area contributed by atoms with Crippen LogP contribution >= 0.6 is 0 Å². The quantitative estimate of drug-likeness (QED) is 0.158. The van der Waals surface area contributed by atoms with E-state index in [0.717, 1.165) is 6.42 Å². The highest BCUT2D eigenvalue weighted by atomic mass is 16.4. The standard InChI is InChI=1S/C18H35N5O6/c1-4-10(2)14(18(28)29)23-17(27)13(9-24)22-15(25)11(3)21-16(26)12(20)7-5-6-8-19/h10-14,24H,4-9,19-20H2,1-3H3,(H,21,26)(H,22,25)(H,23,27)(H,28,29). The molecule has 0 saturated carbocycles. The maximum absolute atomic E-state index is 12.3. The molecule has 0 aromatic rings. The minimum atomic E-state index is -1.36. The first-order chi connectivity index (χ1) is 13.6. The van der Waals surface area contributed by atoms with Crippen molar-refractivity contribution in [1.29, 1.82) is 0 Å². The molecule has 0 aliphatic heterocycles.